The molecule has 0 aliphatic carbocycles. The molecule has 1 rings (SSSR count). The van der Waals surface area contributed by atoms with Crippen LogP contribution in [-0.4, -0.2) is 12.9 Å². The van der Waals surface area contributed by atoms with E-state index in [1.54, 1.807) is 31.4 Å². The number of nitrogens with zero attached hydrogens (tertiary/aromatic N) is 1. The van der Waals surface area contributed by atoms with Gasteiger partial charge in [0.05, 0.1) is 13.2 Å². The van der Waals surface area contributed by atoms with E-state index < -0.39 is 5.92 Å². The number of hydrogen-bond donors (Lipinski definition) is 0. The molecule has 18 heavy (non-hydrogen) atoms. The number of methoxy groups -OCH3 is 1. The topological polar surface area (TPSA) is 50.1 Å². The van der Waals surface area contributed by atoms with Gasteiger partial charge in [-0.25, -0.2) is 0 Å². The summed E-state index contributed by atoms with van der Waals surface area (Å²) in [6, 6.07) is 9.22. The van der Waals surface area contributed by atoms with Gasteiger partial charge in [0.2, 0.25) is 0 Å². The lowest BCUT2D eigenvalue weighted by molar-refractivity contribution is -0.122. The molecule has 96 valence electrons. The first-order valence-electron chi connectivity index (χ1n) is 6.21. The molecule has 0 saturated heterocycles. The van der Waals surface area contributed by atoms with Gasteiger partial charge in [-0.15, -0.1) is 0 Å². The van der Waals surface area contributed by atoms with Crippen LogP contribution in [0.4, 0.5) is 0 Å². The molecule has 0 aliphatic rings. The molecule has 0 amide bonds. The number of nitriles is 1. The summed E-state index contributed by atoms with van der Waals surface area (Å²) in [7, 11) is 1.59. The zero-order chi connectivity index (χ0) is 13.5. The van der Waals surface area contributed by atoms with Gasteiger partial charge in [0.25, 0.3) is 0 Å². The third-order valence-corrected chi connectivity index (χ3v) is 3.07. The zero-order valence-electron chi connectivity index (χ0n) is 11.1. The highest BCUT2D eigenvalue weighted by Gasteiger charge is 2.24. The van der Waals surface area contributed by atoms with E-state index in [-0.39, 0.29) is 11.7 Å². The number of hydrogen-bond acceptors (Lipinski definition) is 3. The van der Waals surface area contributed by atoms with Crippen LogP contribution in [0, 0.1) is 17.2 Å². The Morgan fingerprint density at radius 1 is 1.39 bits per heavy atom. The van der Waals surface area contributed by atoms with E-state index >= 15 is 0 Å². The number of ketones is 1. The van der Waals surface area contributed by atoms with Crippen molar-refractivity contribution in [3.63, 3.8) is 0 Å². The summed E-state index contributed by atoms with van der Waals surface area (Å²) in [5, 5.41) is 9.19. The fourth-order valence-corrected chi connectivity index (χ4v) is 1.96. The first-order chi connectivity index (χ1) is 8.63. The molecule has 0 bridgehead atoms. The Morgan fingerprint density at radius 2 is 2.00 bits per heavy atom. The number of benzene rings is 1. The largest absolute Gasteiger partial charge is 0.497 e. The second-order valence-corrected chi connectivity index (χ2v) is 4.43. The third-order valence-electron chi connectivity index (χ3n) is 3.07. The molecule has 1 aromatic carbocycles. The predicted octanol–water partition coefficient (Wildman–Crippen LogP) is 3.31. The summed E-state index contributed by atoms with van der Waals surface area (Å²) < 4.78 is 5.06. The molecule has 3 nitrogen and oxygen atoms in total. The maximum Gasteiger partial charge on any atom is 0.157 e. The number of Topliss-reactive ketones (excluding diaryl/α,β-unsaturated/α-hetero) is 1. The van der Waals surface area contributed by atoms with E-state index in [2.05, 4.69) is 6.07 Å². The molecule has 0 aliphatic heterocycles. The highest BCUT2D eigenvalue weighted by Crippen LogP contribution is 2.24. The van der Waals surface area contributed by atoms with Gasteiger partial charge < -0.3 is 4.74 Å². The molecular weight excluding hydrogens is 226 g/mol. The molecule has 0 saturated carbocycles. The van der Waals surface area contributed by atoms with Crippen molar-refractivity contribution in [1.29, 1.82) is 5.26 Å². The van der Waals surface area contributed by atoms with Gasteiger partial charge in [0.1, 0.15) is 11.7 Å². The van der Waals surface area contributed by atoms with Crippen molar-refractivity contribution in [2.45, 2.75) is 32.6 Å². The third kappa shape index (κ3) is 3.33. The van der Waals surface area contributed by atoms with E-state index in [0.717, 1.165) is 24.2 Å². The van der Waals surface area contributed by atoms with Crippen molar-refractivity contribution in [2.75, 3.05) is 7.11 Å². The van der Waals surface area contributed by atoms with E-state index in [1.165, 1.54) is 0 Å². The van der Waals surface area contributed by atoms with Crippen molar-refractivity contribution < 1.29 is 9.53 Å². The summed E-state index contributed by atoms with van der Waals surface area (Å²) in [6.45, 7) is 3.93. The Morgan fingerprint density at radius 3 is 2.44 bits per heavy atom. The summed E-state index contributed by atoms with van der Waals surface area (Å²) in [6.07, 6.45) is 1.78. The Balaban J connectivity index is 2.89. The molecule has 0 aromatic heterocycles. The van der Waals surface area contributed by atoms with Crippen LogP contribution in [0.1, 0.15) is 38.2 Å². The minimum atomic E-state index is -0.669. The maximum absolute atomic E-state index is 12.2. The summed E-state index contributed by atoms with van der Waals surface area (Å²) in [4.78, 5) is 12.2. The standard InChI is InChI=1S/C15H19NO2/c1-4-5-11(2)15(17)14(10-16)12-6-8-13(18-3)9-7-12/h6-9,11,14H,4-5H2,1-3H3. The Kier molecular flexibility index (Phi) is 5.38. The van der Waals surface area contributed by atoms with Crippen LogP contribution in [0.2, 0.25) is 0 Å². The monoisotopic (exact) mass is 245 g/mol. The van der Waals surface area contributed by atoms with Crippen molar-refractivity contribution in [1.82, 2.24) is 0 Å². The van der Waals surface area contributed by atoms with Gasteiger partial charge in [0, 0.05) is 5.92 Å². The Labute approximate surface area is 108 Å². The molecule has 1 aromatic rings. The molecule has 0 heterocycles. The molecular formula is C15H19NO2. The van der Waals surface area contributed by atoms with Crippen molar-refractivity contribution in [3.05, 3.63) is 29.8 Å². The average molecular weight is 245 g/mol. The van der Waals surface area contributed by atoms with Crippen LogP contribution in [0.15, 0.2) is 24.3 Å². The van der Waals surface area contributed by atoms with Crippen LogP contribution in [0.5, 0.6) is 5.75 Å². The highest BCUT2D eigenvalue weighted by atomic mass is 16.5. The minimum absolute atomic E-state index is 0.00418. The first-order valence-corrected chi connectivity index (χ1v) is 6.21. The number of ether oxygens (including phenoxy) is 1. The fourth-order valence-electron chi connectivity index (χ4n) is 1.96. The SMILES string of the molecule is CCCC(C)C(=O)C(C#N)c1ccc(OC)cc1. The fraction of sp³-hybridized carbons (Fsp3) is 0.467. The summed E-state index contributed by atoms with van der Waals surface area (Å²) in [5.74, 6) is -0.00628. The van der Waals surface area contributed by atoms with Gasteiger partial charge in [-0.1, -0.05) is 32.4 Å². The lowest BCUT2D eigenvalue weighted by Crippen LogP contribution is -2.19. The van der Waals surface area contributed by atoms with E-state index in [9.17, 15) is 10.1 Å². The van der Waals surface area contributed by atoms with Crippen LogP contribution in [0.25, 0.3) is 0 Å². The molecule has 3 heteroatoms. The van der Waals surface area contributed by atoms with Crippen LogP contribution < -0.4 is 4.74 Å². The molecule has 0 radical (unpaired) electrons. The van der Waals surface area contributed by atoms with Gasteiger partial charge in [-0.05, 0) is 24.1 Å². The normalized spacial score (nSPS) is 13.4. The smallest absolute Gasteiger partial charge is 0.157 e. The summed E-state index contributed by atoms with van der Waals surface area (Å²) in [5.41, 5.74) is 0.742. The van der Waals surface area contributed by atoms with E-state index in [0.29, 0.717) is 0 Å². The Hall–Kier alpha value is -1.82. The van der Waals surface area contributed by atoms with Gasteiger partial charge >= 0.3 is 0 Å². The summed E-state index contributed by atoms with van der Waals surface area (Å²) >= 11 is 0. The first kappa shape index (κ1) is 14.2. The van der Waals surface area contributed by atoms with E-state index in [4.69, 9.17) is 4.74 Å². The number of carbonyl (C=O) groups excluding carboxylic acids is 1. The lowest BCUT2D eigenvalue weighted by Gasteiger charge is -2.14. The zero-order valence-corrected chi connectivity index (χ0v) is 11.1. The number of carbonyl (C=O) groups is 1. The molecule has 0 N–H and O–H groups in total. The van der Waals surface area contributed by atoms with Gasteiger partial charge in [-0.2, -0.15) is 5.26 Å². The van der Waals surface area contributed by atoms with Crippen LogP contribution in [-0.2, 0) is 4.79 Å². The highest BCUT2D eigenvalue weighted by molar-refractivity contribution is 5.90. The van der Waals surface area contributed by atoms with Crippen molar-refractivity contribution in [3.8, 4) is 11.8 Å². The van der Waals surface area contributed by atoms with Crippen molar-refractivity contribution >= 4 is 5.78 Å². The van der Waals surface area contributed by atoms with Gasteiger partial charge in [0.15, 0.2) is 5.78 Å². The second-order valence-electron chi connectivity index (χ2n) is 4.43. The van der Waals surface area contributed by atoms with Crippen LogP contribution in [0.3, 0.4) is 0 Å². The van der Waals surface area contributed by atoms with Crippen LogP contribution >= 0.6 is 0 Å². The molecule has 2 unspecified atom stereocenters. The minimum Gasteiger partial charge on any atom is -0.497 e. The average Bonchev–Trinajstić information content (AvgIpc) is 2.40. The molecule has 0 fully saturated rings. The van der Waals surface area contributed by atoms with Crippen molar-refractivity contribution in [2.24, 2.45) is 5.92 Å². The molecule has 2 atom stereocenters. The lowest BCUT2D eigenvalue weighted by atomic mass is 9.87. The quantitative estimate of drug-likeness (QED) is 0.772. The second kappa shape index (κ2) is 6.80. The van der Waals surface area contributed by atoms with Gasteiger partial charge in [-0.3, -0.25) is 4.79 Å². The Bertz CT molecular complexity index is 431. The number of rotatable bonds is 6. The predicted molar refractivity (Wildman–Crippen MR) is 70.4 cm³/mol. The van der Waals surface area contributed by atoms with E-state index in [1.807, 2.05) is 13.8 Å². The molecule has 0 spiro atoms. The maximum atomic E-state index is 12.2.